The molecular weight excluding hydrogens is 287 g/mol. The molecule has 1 saturated carbocycles. The second kappa shape index (κ2) is 6.46. The zero-order chi connectivity index (χ0) is 13.8. The average Bonchev–Trinajstić information content (AvgIpc) is 2.37. The van der Waals surface area contributed by atoms with E-state index < -0.39 is 6.10 Å². The normalized spacial score (nSPS) is 22.9. The predicted octanol–water partition coefficient (Wildman–Crippen LogP) is 3.42. The van der Waals surface area contributed by atoms with Crippen LogP contribution in [0.4, 0.5) is 10.5 Å². The Hall–Kier alpha value is -0.970. The molecule has 0 saturated heterocycles. The molecule has 4 nitrogen and oxygen atoms in total. The zero-order valence-corrected chi connectivity index (χ0v) is 11.8. The summed E-state index contributed by atoms with van der Waals surface area (Å²) in [6, 6.07) is 4.35. The number of aliphatic hydroxyl groups is 1. The van der Waals surface area contributed by atoms with Crippen molar-refractivity contribution >= 4 is 34.9 Å². The Morgan fingerprint density at radius 1 is 1.21 bits per heavy atom. The van der Waals surface area contributed by atoms with Crippen molar-refractivity contribution in [2.24, 2.45) is 0 Å². The molecular formula is C13H16Cl2N2O2. The van der Waals surface area contributed by atoms with Gasteiger partial charge in [-0.1, -0.05) is 36.0 Å². The lowest BCUT2D eigenvalue weighted by Gasteiger charge is -2.28. The van der Waals surface area contributed by atoms with Crippen molar-refractivity contribution in [1.82, 2.24) is 5.32 Å². The summed E-state index contributed by atoms with van der Waals surface area (Å²) in [5, 5.41) is 16.1. The molecule has 1 aromatic carbocycles. The molecule has 0 radical (unpaired) electrons. The summed E-state index contributed by atoms with van der Waals surface area (Å²) in [7, 11) is 0. The zero-order valence-electron chi connectivity index (χ0n) is 10.3. The molecule has 0 aromatic heterocycles. The van der Waals surface area contributed by atoms with Gasteiger partial charge in [0.15, 0.2) is 0 Å². The van der Waals surface area contributed by atoms with Crippen LogP contribution in [0, 0.1) is 0 Å². The first-order valence-corrected chi connectivity index (χ1v) is 7.02. The predicted molar refractivity (Wildman–Crippen MR) is 76.9 cm³/mol. The Morgan fingerprint density at radius 2 is 1.95 bits per heavy atom. The lowest BCUT2D eigenvalue weighted by molar-refractivity contribution is 0.0955. The highest BCUT2D eigenvalue weighted by atomic mass is 35.5. The number of rotatable bonds is 2. The highest BCUT2D eigenvalue weighted by Crippen LogP contribution is 2.25. The summed E-state index contributed by atoms with van der Waals surface area (Å²) < 4.78 is 0. The van der Waals surface area contributed by atoms with E-state index in [-0.39, 0.29) is 12.1 Å². The van der Waals surface area contributed by atoms with E-state index >= 15 is 0 Å². The van der Waals surface area contributed by atoms with Gasteiger partial charge in [0.1, 0.15) is 0 Å². The van der Waals surface area contributed by atoms with Crippen LogP contribution in [0.2, 0.25) is 10.0 Å². The fourth-order valence-electron chi connectivity index (χ4n) is 2.19. The van der Waals surface area contributed by atoms with Crippen LogP contribution in [-0.2, 0) is 0 Å². The maximum atomic E-state index is 11.8. The molecule has 3 N–H and O–H groups in total. The summed E-state index contributed by atoms with van der Waals surface area (Å²) in [4.78, 5) is 11.8. The monoisotopic (exact) mass is 302 g/mol. The molecule has 0 bridgehead atoms. The topological polar surface area (TPSA) is 61.4 Å². The minimum absolute atomic E-state index is 0.184. The standard InChI is InChI=1S/C13H16Cl2N2O2/c14-9-6-5-8(7-10(9)15)16-13(19)17-11-3-1-2-4-12(11)18/h5-7,11-12,18H,1-4H2,(H2,16,17,19)/t11-,12-/m0/s1. The molecule has 1 aromatic rings. The highest BCUT2D eigenvalue weighted by Gasteiger charge is 2.24. The van der Waals surface area contributed by atoms with E-state index in [1.807, 2.05) is 0 Å². The van der Waals surface area contributed by atoms with Gasteiger partial charge in [-0.25, -0.2) is 4.79 Å². The largest absolute Gasteiger partial charge is 0.391 e. The van der Waals surface area contributed by atoms with Crippen molar-refractivity contribution in [3.8, 4) is 0 Å². The number of benzene rings is 1. The number of hydrogen-bond acceptors (Lipinski definition) is 2. The fraction of sp³-hybridized carbons (Fsp3) is 0.462. The minimum Gasteiger partial charge on any atom is -0.391 e. The van der Waals surface area contributed by atoms with Crippen molar-refractivity contribution < 1.29 is 9.90 Å². The Labute approximate surface area is 122 Å². The smallest absolute Gasteiger partial charge is 0.319 e. The third-order valence-electron chi connectivity index (χ3n) is 3.22. The molecule has 0 unspecified atom stereocenters. The van der Waals surface area contributed by atoms with Gasteiger partial charge in [0.05, 0.1) is 22.2 Å². The molecule has 1 aliphatic rings. The van der Waals surface area contributed by atoms with E-state index in [1.54, 1.807) is 18.2 Å². The van der Waals surface area contributed by atoms with E-state index in [0.717, 1.165) is 25.7 Å². The van der Waals surface area contributed by atoms with Gasteiger partial charge in [-0.2, -0.15) is 0 Å². The van der Waals surface area contributed by atoms with Crippen molar-refractivity contribution in [3.05, 3.63) is 28.2 Å². The number of hydrogen-bond donors (Lipinski definition) is 3. The summed E-state index contributed by atoms with van der Waals surface area (Å²) in [6.45, 7) is 0. The molecule has 1 fully saturated rings. The van der Waals surface area contributed by atoms with Crippen LogP contribution >= 0.6 is 23.2 Å². The SMILES string of the molecule is O=C(Nc1ccc(Cl)c(Cl)c1)N[C@H]1CCCC[C@@H]1O. The molecule has 1 aliphatic carbocycles. The van der Waals surface area contributed by atoms with Gasteiger partial charge >= 0.3 is 6.03 Å². The first kappa shape index (κ1) is 14.4. The van der Waals surface area contributed by atoms with E-state index in [0.29, 0.717) is 15.7 Å². The molecule has 2 rings (SSSR count). The van der Waals surface area contributed by atoms with E-state index in [9.17, 15) is 9.90 Å². The summed E-state index contributed by atoms with van der Waals surface area (Å²) in [6.07, 6.45) is 3.10. The van der Waals surface area contributed by atoms with Gasteiger partial charge < -0.3 is 15.7 Å². The van der Waals surface area contributed by atoms with Gasteiger partial charge in [0.2, 0.25) is 0 Å². The van der Waals surface area contributed by atoms with Crippen LogP contribution in [0.3, 0.4) is 0 Å². The average molecular weight is 303 g/mol. The van der Waals surface area contributed by atoms with Crippen LogP contribution in [0.15, 0.2) is 18.2 Å². The van der Waals surface area contributed by atoms with Crippen LogP contribution in [0.25, 0.3) is 0 Å². The Morgan fingerprint density at radius 3 is 2.63 bits per heavy atom. The van der Waals surface area contributed by atoms with E-state index in [1.165, 1.54) is 0 Å². The van der Waals surface area contributed by atoms with E-state index in [4.69, 9.17) is 23.2 Å². The molecule has 6 heteroatoms. The lowest BCUT2D eigenvalue weighted by atomic mass is 9.93. The first-order valence-electron chi connectivity index (χ1n) is 6.27. The number of amides is 2. The number of halogens is 2. The molecule has 2 atom stereocenters. The number of carbonyl (C=O) groups excluding carboxylic acids is 1. The van der Waals surface area contributed by atoms with Crippen LogP contribution in [0.5, 0.6) is 0 Å². The fourth-order valence-corrected chi connectivity index (χ4v) is 2.49. The number of anilines is 1. The third-order valence-corrected chi connectivity index (χ3v) is 3.96. The Kier molecular flexibility index (Phi) is 4.91. The summed E-state index contributed by atoms with van der Waals surface area (Å²) in [5.74, 6) is 0. The third kappa shape index (κ3) is 4.00. The van der Waals surface area contributed by atoms with Gasteiger partial charge in [0.25, 0.3) is 0 Å². The van der Waals surface area contributed by atoms with Gasteiger partial charge in [-0.3, -0.25) is 0 Å². The van der Waals surface area contributed by atoms with Gasteiger partial charge in [0, 0.05) is 5.69 Å². The summed E-state index contributed by atoms with van der Waals surface area (Å²) >= 11 is 11.7. The Bertz CT molecular complexity index is 468. The number of urea groups is 1. The van der Waals surface area contributed by atoms with Crippen LogP contribution in [0.1, 0.15) is 25.7 Å². The Balaban J connectivity index is 1.91. The maximum absolute atomic E-state index is 11.8. The quantitative estimate of drug-likeness (QED) is 0.784. The van der Waals surface area contributed by atoms with Crippen molar-refractivity contribution in [1.29, 1.82) is 0 Å². The molecule has 0 heterocycles. The van der Waals surface area contributed by atoms with Gasteiger partial charge in [-0.05, 0) is 31.0 Å². The number of aliphatic hydroxyl groups excluding tert-OH is 1. The lowest BCUT2D eigenvalue weighted by Crippen LogP contribution is -2.46. The number of nitrogens with one attached hydrogen (secondary N) is 2. The van der Waals surface area contributed by atoms with Crippen molar-refractivity contribution in [3.63, 3.8) is 0 Å². The maximum Gasteiger partial charge on any atom is 0.319 e. The highest BCUT2D eigenvalue weighted by molar-refractivity contribution is 6.42. The summed E-state index contributed by atoms with van der Waals surface area (Å²) in [5.41, 5.74) is 0.567. The molecule has 2 amide bonds. The van der Waals surface area contributed by atoms with Crippen molar-refractivity contribution in [2.45, 2.75) is 37.8 Å². The molecule has 0 aliphatic heterocycles. The molecule has 19 heavy (non-hydrogen) atoms. The molecule has 0 spiro atoms. The minimum atomic E-state index is -0.465. The van der Waals surface area contributed by atoms with Gasteiger partial charge in [-0.15, -0.1) is 0 Å². The van der Waals surface area contributed by atoms with E-state index in [2.05, 4.69) is 10.6 Å². The number of carbonyl (C=O) groups is 1. The van der Waals surface area contributed by atoms with Crippen LogP contribution in [-0.4, -0.2) is 23.3 Å². The second-order valence-corrected chi connectivity index (χ2v) is 5.50. The second-order valence-electron chi connectivity index (χ2n) is 4.69. The first-order chi connectivity index (χ1) is 9.06. The van der Waals surface area contributed by atoms with Crippen molar-refractivity contribution in [2.75, 3.05) is 5.32 Å². The molecule has 104 valence electrons. The van der Waals surface area contributed by atoms with Crippen LogP contribution < -0.4 is 10.6 Å².